The number of ether oxygens (including phenoxy) is 2. The molecule has 24 heteroatoms. The van der Waals surface area contributed by atoms with Gasteiger partial charge in [-0.15, -0.1) is 0 Å². The topological polar surface area (TPSA) is 436 Å². The van der Waals surface area contributed by atoms with Gasteiger partial charge in [0.1, 0.15) is 36.2 Å². The number of carbonyl (C=O) groups excluding carboxylic acids is 3. The maximum absolute atomic E-state index is 10.7. The summed E-state index contributed by atoms with van der Waals surface area (Å²) in [5.41, 5.74) is 16.0. The quantitative estimate of drug-likeness (QED) is 0.0287. The number of quaternary nitrogens is 1. The number of carboxylic acid groups (broad SMARTS) is 2. The molecule has 13 N–H and O–H groups in total. The molecule has 0 aromatic heterocycles. The number of hydrogen-bond acceptors (Lipinski definition) is 17. The van der Waals surface area contributed by atoms with Crippen LogP contribution < -0.4 is 40.8 Å². The van der Waals surface area contributed by atoms with E-state index in [1.165, 1.54) is 6.92 Å². The van der Waals surface area contributed by atoms with E-state index in [1.54, 1.807) is 0 Å². The van der Waals surface area contributed by atoms with Crippen molar-refractivity contribution < 1.29 is 110 Å². The molecule has 2 saturated heterocycles. The van der Waals surface area contributed by atoms with E-state index in [1.807, 2.05) is 0 Å². The zero-order chi connectivity index (χ0) is 30.5. The Morgan fingerprint density at radius 3 is 1.93 bits per heavy atom. The molecule has 2 aliphatic heterocycles. The first-order valence-electron chi connectivity index (χ1n) is 10.6. The van der Waals surface area contributed by atoms with Crippen molar-refractivity contribution in [3.8, 4) is 0 Å². The van der Waals surface area contributed by atoms with Gasteiger partial charge in [0.15, 0.2) is 6.29 Å². The van der Waals surface area contributed by atoms with Crippen molar-refractivity contribution in [2.45, 2.75) is 74.6 Å². The SMILES string of the molecule is CC(=O)CC(=O)C(=O)O.[N-]=[N+]=NCC1OC(O)C(O)[C@H]1O.[N-]=[N+]=NC[C@@H](O)C1O[C@@](O)(C(=O)[O-])C[C@@H](O)[C@H]1O.[NH4+].[Na+].[OH-]. The molecule has 0 aromatic carbocycles. The summed E-state index contributed by atoms with van der Waals surface area (Å²) in [7, 11) is 0. The molecule has 2 rings (SSSR count). The van der Waals surface area contributed by atoms with Gasteiger partial charge in [-0.3, -0.25) is 9.59 Å². The molecule has 0 spiro atoms. The average Bonchev–Trinajstić information content (AvgIpc) is 3.10. The first-order chi connectivity index (χ1) is 18.0. The van der Waals surface area contributed by atoms with Crippen LogP contribution in [0, 0.1) is 0 Å². The number of aliphatic hydroxyl groups is 7. The molecule has 2 fully saturated rings. The van der Waals surface area contributed by atoms with Crippen molar-refractivity contribution in [3.63, 3.8) is 0 Å². The van der Waals surface area contributed by atoms with Crippen LogP contribution in [0.1, 0.15) is 19.8 Å². The van der Waals surface area contributed by atoms with Crippen LogP contribution in [0.3, 0.4) is 0 Å². The normalized spacial score (nSPS) is 29.7. The summed E-state index contributed by atoms with van der Waals surface area (Å²) >= 11 is 0. The molecule has 4 unspecified atom stereocenters. The number of rotatable bonds is 9. The van der Waals surface area contributed by atoms with Crippen molar-refractivity contribution in [1.82, 2.24) is 6.15 Å². The van der Waals surface area contributed by atoms with Gasteiger partial charge in [0.25, 0.3) is 0 Å². The molecule has 0 aliphatic carbocycles. The summed E-state index contributed by atoms with van der Waals surface area (Å²) in [5, 5.41) is 89.7. The minimum absolute atomic E-state index is 0. The predicted molar refractivity (Wildman–Crippen MR) is 124 cm³/mol. The fourth-order valence-electron chi connectivity index (χ4n) is 2.93. The molecule has 0 saturated carbocycles. The third-order valence-electron chi connectivity index (χ3n) is 4.89. The number of carboxylic acids is 2. The number of nitrogens with zero attached hydrogens (tertiary/aromatic N) is 6. The Bertz CT molecular complexity index is 981. The van der Waals surface area contributed by atoms with Crippen LogP contribution in [0.15, 0.2) is 10.2 Å². The first-order valence-corrected chi connectivity index (χ1v) is 10.6. The van der Waals surface area contributed by atoms with Gasteiger partial charge in [0.05, 0.1) is 37.8 Å². The minimum Gasteiger partial charge on any atom is -0.870 e. The van der Waals surface area contributed by atoms with Crippen LogP contribution in [0.5, 0.6) is 0 Å². The van der Waals surface area contributed by atoms with Gasteiger partial charge in [-0.2, -0.15) is 0 Å². The number of azide groups is 2. The van der Waals surface area contributed by atoms with E-state index in [0.29, 0.717) is 0 Å². The van der Waals surface area contributed by atoms with E-state index in [2.05, 4.69) is 29.5 Å². The van der Waals surface area contributed by atoms with Crippen molar-refractivity contribution in [2.24, 2.45) is 10.2 Å². The molecule has 0 bridgehead atoms. The summed E-state index contributed by atoms with van der Waals surface area (Å²) < 4.78 is 9.31. The fourth-order valence-corrected chi connectivity index (χ4v) is 2.93. The molecule has 2 aliphatic rings. The van der Waals surface area contributed by atoms with Gasteiger partial charge in [0.2, 0.25) is 11.6 Å². The number of aliphatic carboxylic acids is 2. The number of hydrogen-bond donors (Lipinski definition) is 9. The van der Waals surface area contributed by atoms with E-state index in [9.17, 15) is 44.7 Å². The molecule has 0 radical (unpaired) electrons. The summed E-state index contributed by atoms with van der Waals surface area (Å²) in [6.45, 7) is 0.542. The second kappa shape index (κ2) is 22.1. The van der Waals surface area contributed by atoms with Crippen LogP contribution in [0.25, 0.3) is 20.9 Å². The monoisotopic (exact) mass is 625 g/mol. The van der Waals surface area contributed by atoms with Crippen LogP contribution in [-0.4, -0.2) is 138 Å². The Balaban J connectivity index is -0.000000265. The van der Waals surface area contributed by atoms with Gasteiger partial charge in [-0.05, 0) is 18.0 Å². The second-order valence-electron chi connectivity index (χ2n) is 7.96. The summed E-state index contributed by atoms with van der Waals surface area (Å²) in [6.07, 6.45) is -12.5. The van der Waals surface area contributed by atoms with Crippen LogP contribution >= 0.6 is 0 Å². The molecule has 0 amide bonds. The number of aliphatic hydroxyl groups excluding tert-OH is 6. The van der Waals surface area contributed by atoms with Crippen LogP contribution in [-0.2, 0) is 28.7 Å². The smallest absolute Gasteiger partial charge is 0.870 e. The fraction of sp³-hybridized carbons (Fsp3) is 0.778. The van der Waals surface area contributed by atoms with E-state index in [4.69, 9.17) is 31.5 Å². The first kappa shape index (κ1) is 46.4. The number of Topliss-reactive ketones (excluding diaryl/α,β-unsaturated/α-hetero) is 2. The molecule has 2 heterocycles. The Morgan fingerprint density at radius 2 is 1.57 bits per heavy atom. The van der Waals surface area contributed by atoms with E-state index in [-0.39, 0.29) is 47.7 Å². The molecule has 23 nitrogen and oxygen atoms in total. The summed E-state index contributed by atoms with van der Waals surface area (Å²) in [6, 6.07) is 0. The number of carbonyl (C=O) groups is 4. The Labute approximate surface area is 257 Å². The van der Waals surface area contributed by atoms with Crippen LogP contribution in [0.2, 0.25) is 0 Å². The molecule has 42 heavy (non-hydrogen) atoms. The average molecular weight is 625 g/mol. The van der Waals surface area contributed by atoms with Gasteiger partial charge >= 0.3 is 35.5 Å². The van der Waals surface area contributed by atoms with Crippen LogP contribution in [0.4, 0.5) is 0 Å². The second-order valence-corrected chi connectivity index (χ2v) is 7.96. The van der Waals surface area contributed by atoms with Gasteiger partial charge < -0.3 is 71.9 Å². The van der Waals surface area contributed by atoms with E-state index >= 15 is 0 Å². The van der Waals surface area contributed by atoms with Gasteiger partial charge in [0, 0.05) is 16.2 Å². The Hall–Kier alpha value is -2.54. The summed E-state index contributed by atoms with van der Waals surface area (Å²) in [4.78, 5) is 45.4. The van der Waals surface area contributed by atoms with Crippen molar-refractivity contribution >= 4 is 23.5 Å². The van der Waals surface area contributed by atoms with Crippen molar-refractivity contribution in [1.29, 1.82) is 0 Å². The third kappa shape index (κ3) is 15.1. The molecular weight excluding hydrogens is 593 g/mol. The number of ketones is 2. The van der Waals surface area contributed by atoms with Gasteiger partial charge in [-0.1, -0.05) is 10.2 Å². The molecular formula is C18H32N7NaO16. The summed E-state index contributed by atoms with van der Waals surface area (Å²) in [5.74, 6) is -7.86. The molecule has 9 atom stereocenters. The maximum Gasteiger partial charge on any atom is 1.00 e. The third-order valence-corrected chi connectivity index (χ3v) is 4.89. The predicted octanol–water partition coefficient (Wildman–Crippen LogP) is -7.83. The van der Waals surface area contributed by atoms with Crippen molar-refractivity contribution in [2.75, 3.05) is 13.1 Å². The molecule has 236 valence electrons. The Morgan fingerprint density at radius 1 is 1.05 bits per heavy atom. The van der Waals surface area contributed by atoms with Crippen molar-refractivity contribution in [3.05, 3.63) is 20.9 Å². The zero-order valence-corrected chi connectivity index (χ0v) is 24.5. The molecule has 0 aromatic rings. The standard InChI is InChI=1S/C8H13N3O7.C5H9N3O4.C5H6O4.H3N.Na.H2O/c9-11-10-2-4(13)6-5(14)3(12)1-8(17,18-6)7(15)16;6-8-7-1-2-3(9)4(10)5(11)12-2;1-3(6)2-4(7)5(8)9;;;/h3-6,12-14,17H,1-2H2,(H,15,16);2-5,9-11H,1H2;2H2,1H3,(H,8,9);1H3;;1H2/q;;;;+1;/p-1/t3-,4-,5-,6?,8-;2?,3-,4?,5?;;;;/m10..../s1. The van der Waals surface area contributed by atoms with E-state index < -0.39 is 97.7 Å². The largest absolute Gasteiger partial charge is 1.00 e. The maximum atomic E-state index is 10.7. The van der Waals surface area contributed by atoms with E-state index in [0.717, 1.165) is 0 Å². The van der Waals surface area contributed by atoms with Gasteiger partial charge in [-0.25, -0.2) is 4.79 Å². The Kier molecular flexibility index (Phi) is 24.4. The zero-order valence-electron chi connectivity index (χ0n) is 22.5. The minimum atomic E-state index is -2.82.